The van der Waals surface area contributed by atoms with E-state index in [2.05, 4.69) is 15.4 Å². The fourth-order valence-corrected chi connectivity index (χ4v) is 4.48. The number of amides is 2. The van der Waals surface area contributed by atoms with Crippen LogP contribution in [0.25, 0.3) is 0 Å². The number of furan rings is 1. The third-order valence-corrected chi connectivity index (χ3v) is 6.59. The topological polar surface area (TPSA) is 136 Å². The summed E-state index contributed by atoms with van der Waals surface area (Å²) in [6.07, 6.45) is 1.38. The SMILES string of the molecule is CC(C)[C@@H](NC(=O)c1ccco1)C(=O)Nc1ccc(NS(=O)(=O)c2ccc3c(c2)OCCO3)cc1. The van der Waals surface area contributed by atoms with Crippen molar-refractivity contribution in [3.8, 4) is 11.5 Å². The molecule has 2 heterocycles. The number of benzene rings is 2. The van der Waals surface area contributed by atoms with Crippen LogP contribution in [-0.4, -0.2) is 39.5 Å². The predicted octanol–water partition coefficient (Wildman–Crippen LogP) is 3.24. The monoisotopic (exact) mass is 499 g/mol. The van der Waals surface area contributed by atoms with Gasteiger partial charge < -0.3 is 24.5 Å². The molecule has 3 N–H and O–H groups in total. The number of carbonyl (C=O) groups excluding carboxylic acids is 2. The van der Waals surface area contributed by atoms with Crippen LogP contribution in [0, 0.1) is 5.92 Å². The Kier molecular flexibility index (Phi) is 6.97. The van der Waals surface area contributed by atoms with E-state index in [-0.39, 0.29) is 16.6 Å². The second-order valence-corrected chi connectivity index (χ2v) is 9.83. The highest BCUT2D eigenvalue weighted by atomic mass is 32.2. The average Bonchev–Trinajstić information content (AvgIpc) is 3.38. The first-order valence-electron chi connectivity index (χ1n) is 10.9. The van der Waals surface area contributed by atoms with Crippen molar-refractivity contribution in [1.29, 1.82) is 0 Å². The van der Waals surface area contributed by atoms with Crippen LogP contribution in [0.15, 0.2) is 70.2 Å². The van der Waals surface area contributed by atoms with Gasteiger partial charge in [-0.05, 0) is 54.4 Å². The van der Waals surface area contributed by atoms with Crippen LogP contribution in [0.4, 0.5) is 11.4 Å². The first kappa shape index (κ1) is 24.1. The van der Waals surface area contributed by atoms with E-state index >= 15 is 0 Å². The first-order valence-corrected chi connectivity index (χ1v) is 12.4. The van der Waals surface area contributed by atoms with Gasteiger partial charge in [0.05, 0.1) is 11.2 Å². The smallest absolute Gasteiger partial charge is 0.287 e. The van der Waals surface area contributed by atoms with Gasteiger partial charge in [-0.2, -0.15) is 0 Å². The predicted molar refractivity (Wildman–Crippen MR) is 128 cm³/mol. The van der Waals surface area contributed by atoms with E-state index < -0.39 is 27.9 Å². The van der Waals surface area contributed by atoms with Gasteiger partial charge >= 0.3 is 0 Å². The molecule has 0 fully saturated rings. The molecule has 184 valence electrons. The second kappa shape index (κ2) is 10.1. The van der Waals surface area contributed by atoms with Gasteiger partial charge in [0.15, 0.2) is 17.3 Å². The van der Waals surface area contributed by atoms with Crippen molar-refractivity contribution in [3.05, 3.63) is 66.6 Å². The summed E-state index contributed by atoms with van der Waals surface area (Å²) in [5.74, 6) is -0.118. The molecule has 10 nitrogen and oxygen atoms in total. The summed E-state index contributed by atoms with van der Waals surface area (Å²) in [7, 11) is -3.87. The van der Waals surface area contributed by atoms with E-state index in [0.717, 1.165) is 0 Å². The van der Waals surface area contributed by atoms with E-state index in [0.29, 0.717) is 36.1 Å². The summed E-state index contributed by atoms with van der Waals surface area (Å²) in [5, 5.41) is 5.40. The summed E-state index contributed by atoms with van der Waals surface area (Å²) >= 11 is 0. The number of hydrogen-bond acceptors (Lipinski definition) is 7. The Bertz CT molecular complexity index is 1300. The zero-order chi connectivity index (χ0) is 25.0. The maximum atomic E-state index is 12.8. The summed E-state index contributed by atoms with van der Waals surface area (Å²) < 4.78 is 44.0. The lowest BCUT2D eigenvalue weighted by Gasteiger charge is -2.21. The molecule has 1 aromatic heterocycles. The molecule has 3 aromatic rings. The summed E-state index contributed by atoms with van der Waals surface area (Å²) in [5.41, 5.74) is 0.750. The van der Waals surface area contributed by atoms with Gasteiger partial charge in [0.2, 0.25) is 5.91 Å². The van der Waals surface area contributed by atoms with Crippen LogP contribution in [0.5, 0.6) is 11.5 Å². The number of sulfonamides is 1. The standard InChI is InChI=1S/C24H25N3O7S/c1-15(2)22(26-23(28)20-4-3-11-32-20)24(29)25-16-5-7-17(8-6-16)27-35(30,31)18-9-10-19-21(14-18)34-13-12-33-19/h3-11,14-15,22,27H,12-13H2,1-2H3,(H,25,29)(H,26,28)/t22-/m1/s1. The molecule has 0 unspecified atom stereocenters. The minimum Gasteiger partial charge on any atom is -0.486 e. The fraction of sp³-hybridized carbons (Fsp3) is 0.250. The van der Waals surface area contributed by atoms with Crippen molar-refractivity contribution in [2.75, 3.05) is 23.3 Å². The molecule has 1 aliphatic rings. The number of hydrogen-bond donors (Lipinski definition) is 3. The van der Waals surface area contributed by atoms with E-state index in [1.807, 2.05) is 13.8 Å². The number of carbonyl (C=O) groups is 2. The van der Waals surface area contributed by atoms with Gasteiger partial charge in [0, 0.05) is 17.4 Å². The lowest BCUT2D eigenvalue weighted by atomic mass is 10.0. The van der Waals surface area contributed by atoms with Crippen LogP contribution in [0.3, 0.4) is 0 Å². The molecular formula is C24H25N3O7S. The Labute approximate surface area is 202 Å². The quantitative estimate of drug-likeness (QED) is 0.433. The minimum atomic E-state index is -3.87. The highest BCUT2D eigenvalue weighted by Crippen LogP contribution is 2.32. The van der Waals surface area contributed by atoms with Crippen LogP contribution >= 0.6 is 0 Å². The van der Waals surface area contributed by atoms with Crippen molar-refractivity contribution < 1.29 is 31.9 Å². The van der Waals surface area contributed by atoms with E-state index in [1.54, 1.807) is 24.3 Å². The van der Waals surface area contributed by atoms with Crippen LogP contribution in [0.1, 0.15) is 24.4 Å². The van der Waals surface area contributed by atoms with Crippen molar-refractivity contribution >= 4 is 33.2 Å². The summed E-state index contributed by atoms with van der Waals surface area (Å²) in [6.45, 7) is 4.38. The number of nitrogens with one attached hydrogen (secondary N) is 3. The highest BCUT2D eigenvalue weighted by molar-refractivity contribution is 7.92. The molecule has 11 heteroatoms. The van der Waals surface area contributed by atoms with Gasteiger partial charge in [0.25, 0.3) is 15.9 Å². The molecule has 35 heavy (non-hydrogen) atoms. The minimum absolute atomic E-state index is 0.0335. The molecule has 2 aromatic carbocycles. The van der Waals surface area contributed by atoms with Gasteiger partial charge in [-0.25, -0.2) is 8.42 Å². The van der Waals surface area contributed by atoms with Crippen LogP contribution < -0.4 is 24.8 Å². The summed E-state index contributed by atoms with van der Waals surface area (Å²) in [4.78, 5) is 25.1. The van der Waals surface area contributed by atoms with E-state index in [4.69, 9.17) is 13.9 Å². The van der Waals surface area contributed by atoms with E-state index in [1.165, 1.54) is 36.6 Å². The fourth-order valence-electron chi connectivity index (χ4n) is 3.40. The zero-order valence-electron chi connectivity index (χ0n) is 19.1. The van der Waals surface area contributed by atoms with Crippen molar-refractivity contribution in [3.63, 3.8) is 0 Å². The Morgan fingerprint density at radius 2 is 1.60 bits per heavy atom. The molecule has 0 saturated heterocycles. The van der Waals surface area contributed by atoms with Gasteiger partial charge in [0.1, 0.15) is 19.3 Å². The normalized spacial score (nSPS) is 13.7. The molecule has 4 rings (SSSR count). The van der Waals surface area contributed by atoms with Crippen molar-refractivity contribution in [1.82, 2.24) is 5.32 Å². The molecule has 1 atom stereocenters. The third kappa shape index (κ3) is 5.75. The molecule has 2 amide bonds. The number of anilines is 2. The molecule has 0 aliphatic carbocycles. The van der Waals surface area contributed by atoms with Gasteiger partial charge in [-0.3, -0.25) is 14.3 Å². The Hall–Kier alpha value is -3.99. The molecule has 1 aliphatic heterocycles. The van der Waals surface area contributed by atoms with Crippen LogP contribution in [0.2, 0.25) is 0 Å². The van der Waals surface area contributed by atoms with E-state index in [9.17, 15) is 18.0 Å². The van der Waals surface area contributed by atoms with Gasteiger partial charge in [-0.15, -0.1) is 0 Å². The number of rotatable bonds is 8. The zero-order valence-corrected chi connectivity index (χ0v) is 19.9. The molecule has 0 bridgehead atoms. The Morgan fingerprint density at radius 3 is 2.26 bits per heavy atom. The number of ether oxygens (including phenoxy) is 2. The highest BCUT2D eigenvalue weighted by Gasteiger charge is 2.26. The largest absolute Gasteiger partial charge is 0.486 e. The first-order chi connectivity index (χ1) is 16.7. The lowest BCUT2D eigenvalue weighted by Crippen LogP contribution is -2.47. The molecular weight excluding hydrogens is 474 g/mol. The third-order valence-electron chi connectivity index (χ3n) is 5.21. The van der Waals surface area contributed by atoms with Crippen molar-refractivity contribution in [2.24, 2.45) is 5.92 Å². The maximum Gasteiger partial charge on any atom is 0.287 e. The van der Waals surface area contributed by atoms with Crippen LogP contribution in [-0.2, 0) is 14.8 Å². The van der Waals surface area contributed by atoms with Crippen molar-refractivity contribution in [2.45, 2.75) is 24.8 Å². The molecule has 0 spiro atoms. The number of fused-ring (bicyclic) bond motifs is 1. The molecule has 0 saturated carbocycles. The van der Waals surface area contributed by atoms with Gasteiger partial charge in [-0.1, -0.05) is 13.8 Å². The average molecular weight is 500 g/mol. The Balaban J connectivity index is 1.40. The Morgan fingerprint density at radius 1 is 0.914 bits per heavy atom. The summed E-state index contributed by atoms with van der Waals surface area (Å²) in [6, 6.07) is 12.9. The molecule has 0 radical (unpaired) electrons. The maximum absolute atomic E-state index is 12.8. The lowest BCUT2D eigenvalue weighted by molar-refractivity contribution is -0.118. The second-order valence-electron chi connectivity index (χ2n) is 8.15.